The topological polar surface area (TPSA) is 200 Å². The highest BCUT2D eigenvalue weighted by Gasteiger charge is 2.69. The largest absolute Gasteiger partial charge is 0.507 e. The van der Waals surface area contributed by atoms with Crippen molar-refractivity contribution in [3.63, 3.8) is 0 Å². The van der Waals surface area contributed by atoms with E-state index in [9.17, 15) is 39.3 Å². The van der Waals surface area contributed by atoms with Crippen molar-refractivity contribution < 1.29 is 44.0 Å². The molecule has 0 heterocycles. The van der Waals surface area contributed by atoms with Crippen LogP contribution in [0.25, 0.3) is 0 Å². The summed E-state index contributed by atoms with van der Waals surface area (Å²) in [7, 11) is 6.71. The maximum atomic E-state index is 14.1. The van der Waals surface area contributed by atoms with E-state index in [1.807, 2.05) is 6.92 Å². The standard InChI is InChI=1S/C30H42N4O9/c1-6-7-8-9-43-29(41)32-13-15-12-18(33(2)3)16-10-14-11-17-22(34(4)5)25(37)21(28(31)40)27(39)30(17,42)26(38)19(14)24(36)20(16)23(15)35/h12,14,17,19,21-22,25,35,37,42H,6-11,13H2,1-5H3,(H2,31,40)(H,32,41)/t14-,17-,19?,21?,22-,25?,30-/m1/s1. The lowest BCUT2D eigenvalue weighted by molar-refractivity contribution is -0.190. The third-order valence-electron chi connectivity index (χ3n) is 9.23. The number of aliphatic hydroxyl groups excluding tert-OH is 1. The molecule has 4 rings (SSSR count). The molecule has 0 aromatic heterocycles. The zero-order valence-electron chi connectivity index (χ0n) is 25.3. The number of carbonyl (C=O) groups excluding carboxylic acids is 5. The van der Waals surface area contributed by atoms with Crippen molar-refractivity contribution in [1.82, 2.24) is 10.2 Å². The van der Waals surface area contributed by atoms with Crippen LogP contribution in [0, 0.1) is 23.7 Å². The molecule has 236 valence electrons. The van der Waals surface area contributed by atoms with Gasteiger partial charge in [0.2, 0.25) is 5.91 Å². The van der Waals surface area contributed by atoms with E-state index in [2.05, 4.69) is 5.32 Å². The summed E-state index contributed by atoms with van der Waals surface area (Å²) in [5.74, 6) is -9.70. The van der Waals surface area contributed by atoms with Gasteiger partial charge in [-0.2, -0.15) is 0 Å². The van der Waals surface area contributed by atoms with E-state index in [1.54, 1.807) is 44.1 Å². The molecule has 1 aromatic carbocycles. The van der Waals surface area contributed by atoms with Crippen LogP contribution in [0.3, 0.4) is 0 Å². The lowest BCUT2D eigenvalue weighted by atomic mass is 9.52. The van der Waals surface area contributed by atoms with Crippen molar-refractivity contribution in [1.29, 1.82) is 0 Å². The molecule has 1 aromatic rings. The Morgan fingerprint density at radius 3 is 2.40 bits per heavy atom. The second-order valence-electron chi connectivity index (χ2n) is 12.3. The number of anilines is 1. The van der Waals surface area contributed by atoms with Gasteiger partial charge >= 0.3 is 6.09 Å². The number of phenolic OH excluding ortho intramolecular Hbond substituents is 1. The molecule has 13 heteroatoms. The normalized spacial score (nSPS) is 29.9. The second-order valence-corrected chi connectivity index (χ2v) is 12.3. The van der Waals surface area contributed by atoms with Gasteiger partial charge in [0.05, 0.1) is 24.2 Å². The van der Waals surface area contributed by atoms with Crippen LogP contribution in [0.1, 0.15) is 54.1 Å². The molecule has 0 saturated heterocycles. The lowest BCUT2D eigenvalue weighted by Gasteiger charge is -2.55. The number of rotatable bonds is 9. The van der Waals surface area contributed by atoms with Crippen LogP contribution in [0.2, 0.25) is 0 Å². The Hall–Kier alpha value is -3.55. The Balaban J connectivity index is 1.73. The van der Waals surface area contributed by atoms with Gasteiger partial charge in [-0.15, -0.1) is 0 Å². The number of hydrogen-bond acceptors (Lipinski definition) is 11. The number of ether oxygens (including phenoxy) is 1. The molecule has 3 aliphatic carbocycles. The minimum absolute atomic E-state index is 0.0238. The predicted octanol–water partition coefficient (Wildman–Crippen LogP) is 0.141. The van der Waals surface area contributed by atoms with Crippen LogP contribution in [0.5, 0.6) is 5.75 Å². The van der Waals surface area contributed by atoms with Gasteiger partial charge in [0, 0.05) is 43.9 Å². The van der Waals surface area contributed by atoms with E-state index in [-0.39, 0.29) is 37.1 Å². The van der Waals surface area contributed by atoms with Crippen molar-refractivity contribution in [3.05, 3.63) is 22.8 Å². The van der Waals surface area contributed by atoms with Crippen molar-refractivity contribution in [2.45, 2.75) is 63.3 Å². The number of fused-ring (bicyclic) bond motifs is 3. The summed E-state index contributed by atoms with van der Waals surface area (Å²) in [6.07, 6.45) is 0.548. The number of nitrogens with two attached hydrogens (primary N) is 1. The number of aromatic hydroxyl groups is 1. The highest BCUT2D eigenvalue weighted by atomic mass is 16.5. The van der Waals surface area contributed by atoms with Crippen LogP contribution in [0.4, 0.5) is 10.5 Å². The van der Waals surface area contributed by atoms with Gasteiger partial charge in [0.25, 0.3) is 0 Å². The molecule has 13 nitrogen and oxygen atoms in total. The highest BCUT2D eigenvalue weighted by molar-refractivity contribution is 6.25. The number of nitrogens with one attached hydrogen (secondary N) is 1. The summed E-state index contributed by atoms with van der Waals surface area (Å²) < 4.78 is 5.16. The van der Waals surface area contributed by atoms with Gasteiger partial charge < -0.3 is 40.9 Å². The summed E-state index contributed by atoms with van der Waals surface area (Å²) in [4.78, 5) is 69.4. The van der Waals surface area contributed by atoms with Gasteiger partial charge in [-0.3, -0.25) is 19.2 Å². The second kappa shape index (κ2) is 12.2. The third kappa shape index (κ3) is 5.38. The first-order chi connectivity index (χ1) is 20.2. The van der Waals surface area contributed by atoms with Gasteiger partial charge in [0.1, 0.15) is 11.7 Å². The van der Waals surface area contributed by atoms with Crippen molar-refractivity contribution >= 4 is 35.0 Å². The Labute approximate surface area is 250 Å². The zero-order chi connectivity index (χ0) is 32.0. The molecule has 2 fully saturated rings. The number of benzene rings is 1. The number of aliphatic hydroxyl groups is 2. The molecule has 3 unspecified atom stereocenters. The summed E-state index contributed by atoms with van der Waals surface area (Å²) >= 11 is 0. The van der Waals surface area contributed by atoms with Crippen LogP contribution in [-0.4, -0.2) is 102 Å². The maximum absolute atomic E-state index is 14.1. The quantitative estimate of drug-likeness (QED) is 0.190. The number of carbonyl (C=O) groups is 5. The number of Topliss-reactive ketones (excluding diaryl/α,β-unsaturated/α-hetero) is 3. The molecular weight excluding hydrogens is 560 g/mol. The molecular formula is C30H42N4O9. The minimum atomic E-state index is -2.73. The average Bonchev–Trinajstić information content (AvgIpc) is 2.92. The summed E-state index contributed by atoms with van der Waals surface area (Å²) in [6.45, 7) is 2.11. The highest BCUT2D eigenvalue weighted by Crippen LogP contribution is 2.52. The molecule has 2 amide bonds. The van der Waals surface area contributed by atoms with Crippen LogP contribution in [-0.2, 0) is 32.1 Å². The maximum Gasteiger partial charge on any atom is 0.407 e. The van der Waals surface area contributed by atoms with Gasteiger partial charge in [-0.05, 0) is 50.9 Å². The van der Waals surface area contributed by atoms with Crippen molar-refractivity contribution in [2.75, 3.05) is 39.7 Å². The van der Waals surface area contributed by atoms with Gasteiger partial charge in [0.15, 0.2) is 23.0 Å². The molecule has 43 heavy (non-hydrogen) atoms. The molecule has 0 aliphatic heterocycles. The minimum Gasteiger partial charge on any atom is -0.507 e. The number of ketones is 3. The van der Waals surface area contributed by atoms with Crippen molar-refractivity contribution in [2.24, 2.45) is 29.4 Å². The number of unbranched alkanes of at least 4 members (excludes halogenated alkanes) is 2. The lowest BCUT2D eigenvalue weighted by Crippen LogP contribution is -2.75. The van der Waals surface area contributed by atoms with E-state index in [0.29, 0.717) is 17.7 Å². The zero-order valence-corrected chi connectivity index (χ0v) is 25.3. The van der Waals surface area contributed by atoms with Crippen LogP contribution < -0.4 is 16.0 Å². The van der Waals surface area contributed by atoms with Crippen LogP contribution in [0.15, 0.2) is 6.07 Å². The van der Waals surface area contributed by atoms with E-state index < -0.39 is 76.5 Å². The summed E-state index contributed by atoms with van der Waals surface area (Å²) in [6, 6.07) is 0.687. The third-order valence-corrected chi connectivity index (χ3v) is 9.23. The first-order valence-corrected chi connectivity index (χ1v) is 14.6. The Kier molecular flexibility index (Phi) is 9.19. The number of amides is 2. The number of likely N-dealkylation sites (N-methyl/N-ethyl adjacent to an activating group) is 1. The van der Waals surface area contributed by atoms with Gasteiger partial charge in [-0.1, -0.05) is 19.8 Å². The van der Waals surface area contributed by atoms with E-state index >= 15 is 0 Å². The number of alkyl carbamates (subject to hydrolysis) is 1. The number of phenols is 1. The molecule has 0 radical (unpaired) electrons. The number of hydrogen-bond donors (Lipinski definition) is 5. The van der Waals surface area contributed by atoms with Gasteiger partial charge in [-0.25, -0.2) is 4.79 Å². The molecule has 3 aliphatic rings. The Bertz CT molecular complexity index is 1330. The Morgan fingerprint density at radius 1 is 1.14 bits per heavy atom. The first-order valence-electron chi connectivity index (χ1n) is 14.6. The van der Waals surface area contributed by atoms with E-state index in [1.165, 1.54) is 0 Å². The summed E-state index contributed by atoms with van der Waals surface area (Å²) in [5.41, 5.74) is 3.89. The summed E-state index contributed by atoms with van der Waals surface area (Å²) in [5, 5.41) is 36.6. The molecule has 2 saturated carbocycles. The van der Waals surface area contributed by atoms with Crippen molar-refractivity contribution in [3.8, 4) is 5.75 Å². The van der Waals surface area contributed by atoms with E-state index in [4.69, 9.17) is 10.5 Å². The number of primary amides is 1. The molecule has 7 atom stereocenters. The average molecular weight is 603 g/mol. The molecule has 0 spiro atoms. The predicted molar refractivity (Wildman–Crippen MR) is 154 cm³/mol. The Morgan fingerprint density at radius 2 is 1.81 bits per heavy atom. The fourth-order valence-corrected chi connectivity index (χ4v) is 7.19. The monoisotopic (exact) mass is 602 g/mol. The molecule has 0 bridgehead atoms. The van der Waals surface area contributed by atoms with E-state index in [0.717, 1.165) is 12.8 Å². The SMILES string of the molecule is CCCCCOC(=O)NCc1cc(N(C)C)c2c(c1O)C(=O)C1C(=O)[C@@]3(O)C(=O)C(C(N)=O)C(O)[C@H](N(C)C)[C@H]3C[C@H]1C2. The smallest absolute Gasteiger partial charge is 0.407 e. The number of nitrogens with zero attached hydrogens (tertiary/aromatic N) is 2. The van der Waals surface area contributed by atoms with Crippen LogP contribution >= 0.6 is 0 Å². The fourth-order valence-electron chi connectivity index (χ4n) is 7.19. The molecule has 6 N–H and O–H groups in total. The first kappa shape index (κ1) is 32.4. The fraction of sp³-hybridized carbons (Fsp3) is 0.633.